The van der Waals surface area contributed by atoms with E-state index < -0.39 is 10.0 Å². The molecule has 1 aliphatic rings. The molecule has 0 saturated carbocycles. The molecule has 2 aromatic carbocycles. The number of hydrogen-bond acceptors (Lipinski definition) is 2. The SMILES string of the molecule is O=S(=O)(N=C1CCCCN1CCc1ccccc1)c1ccc(Cl)cc1. The number of likely N-dealkylation sites (tertiary alicyclic amines) is 1. The highest BCUT2D eigenvalue weighted by molar-refractivity contribution is 7.90. The highest BCUT2D eigenvalue weighted by atomic mass is 35.5. The van der Waals surface area contributed by atoms with E-state index in [2.05, 4.69) is 21.4 Å². The first kappa shape index (κ1) is 18.0. The molecule has 2 aromatic rings. The summed E-state index contributed by atoms with van der Waals surface area (Å²) in [5.41, 5.74) is 1.24. The van der Waals surface area contributed by atoms with E-state index >= 15 is 0 Å². The van der Waals surface area contributed by atoms with E-state index in [0.717, 1.165) is 32.4 Å². The van der Waals surface area contributed by atoms with Crippen LogP contribution in [-0.4, -0.2) is 32.2 Å². The Bertz CT molecular complexity index is 833. The Morgan fingerprint density at radius 2 is 1.72 bits per heavy atom. The summed E-state index contributed by atoms with van der Waals surface area (Å²) < 4.78 is 29.3. The number of halogens is 1. The Labute approximate surface area is 154 Å². The van der Waals surface area contributed by atoms with Crippen LogP contribution in [0.15, 0.2) is 63.9 Å². The summed E-state index contributed by atoms with van der Waals surface area (Å²) >= 11 is 5.84. The van der Waals surface area contributed by atoms with Gasteiger partial charge in [0.15, 0.2) is 0 Å². The van der Waals surface area contributed by atoms with Crippen LogP contribution in [-0.2, 0) is 16.4 Å². The van der Waals surface area contributed by atoms with Crippen molar-refractivity contribution in [2.45, 2.75) is 30.6 Å². The van der Waals surface area contributed by atoms with Gasteiger partial charge in [-0.25, -0.2) is 0 Å². The Kier molecular flexibility index (Phi) is 5.76. The zero-order valence-electron chi connectivity index (χ0n) is 13.9. The third-order valence-electron chi connectivity index (χ3n) is 4.29. The third-order valence-corrected chi connectivity index (χ3v) is 5.86. The standard InChI is InChI=1S/C19H21ClN2O2S/c20-17-9-11-18(12-10-17)25(23,24)21-19-8-4-5-14-22(19)15-13-16-6-2-1-3-7-16/h1-3,6-7,9-12H,4-5,8,13-15H2. The second-order valence-corrected chi connectivity index (χ2v) is 8.16. The van der Waals surface area contributed by atoms with Crippen molar-refractivity contribution in [2.24, 2.45) is 4.40 Å². The van der Waals surface area contributed by atoms with E-state index in [-0.39, 0.29) is 4.90 Å². The van der Waals surface area contributed by atoms with Crippen molar-refractivity contribution >= 4 is 27.5 Å². The maximum Gasteiger partial charge on any atom is 0.283 e. The zero-order valence-corrected chi connectivity index (χ0v) is 15.5. The van der Waals surface area contributed by atoms with Crippen LogP contribution in [0.4, 0.5) is 0 Å². The predicted octanol–water partition coefficient (Wildman–Crippen LogP) is 4.16. The second-order valence-electron chi connectivity index (χ2n) is 6.12. The molecule has 0 radical (unpaired) electrons. The number of hydrogen-bond donors (Lipinski definition) is 0. The molecular formula is C19H21ClN2O2S. The van der Waals surface area contributed by atoms with Crippen LogP contribution in [0.2, 0.25) is 5.02 Å². The van der Waals surface area contributed by atoms with Gasteiger partial charge in [-0.3, -0.25) is 0 Å². The van der Waals surface area contributed by atoms with Gasteiger partial charge < -0.3 is 4.90 Å². The number of amidine groups is 1. The third kappa shape index (κ3) is 4.83. The lowest BCUT2D eigenvalue weighted by Gasteiger charge is -2.30. The maximum absolute atomic E-state index is 12.6. The summed E-state index contributed by atoms with van der Waals surface area (Å²) in [5, 5.41) is 0.508. The number of benzene rings is 2. The lowest BCUT2D eigenvalue weighted by molar-refractivity contribution is 0.374. The van der Waals surface area contributed by atoms with Crippen molar-refractivity contribution in [3.05, 3.63) is 65.2 Å². The van der Waals surface area contributed by atoms with Crippen LogP contribution in [0, 0.1) is 0 Å². The average Bonchev–Trinajstić information content (AvgIpc) is 2.62. The molecule has 0 N–H and O–H groups in total. The molecule has 0 atom stereocenters. The molecule has 0 spiro atoms. The fraction of sp³-hybridized carbons (Fsp3) is 0.316. The fourth-order valence-electron chi connectivity index (χ4n) is 2.92. The Morgan fingerprint density at radius 1 is 1.00 bits per heavy atom. The molecular weight excluding hydrogens is 356 g/mol. The fourth-order valence-corrected chi connectivity index (χ4v) is 4.12. The molecule has 0 bridgehead atoms. The van der Waals surface area contributed by atoms with Crippen molar-refractivity contribution in [3.8, 4) is 0 Å². The molecule has 1 aliphatic heterocycles. The van der Waals surface area contributed by atoms with Gasteiger partial charge in [0.1, 0.15) is 5.84 Å². The molecule has 25 heavy (non-hydrogen) atoms. The van der Waals surface area contributed by atoms with Crippen molar-refractivity contribution in [1.29, 1.82) is 0 Å². The predicted molar refractivity (Wildman–Crippen MR) is 102 cm³/mol. The first-order valence-electron chi connectivity index (χ1n) is 8.43. The smallest absolute Gasteiger partial charge is 0.283 e. The monoisotopic (exact) mass is 376 g/mol. The van der Waals surface area contributed by atoms with Gasteiger partial charge in [-0.15, -0.1) is 4.40 Å². The molecule has 3 rings (SSSR count). The molecule has 0 aliphatic carbocycles. The van der Waals surface area contributed by atoms with E-state index in [4.69, 9.17) is 11.6 Å². The molecule has 1 saturated heterocycles. The summed E-state index contributed by atoms with van der Waals surface area (Å²) in [5.74, 6) is 0.664. The lowest BCUT2D eigenvalue weighted by Crippen LogP contribution is -2.37. The van der Waals surface area contributed by atoms with E-state index in [9.17, 15) is 8.42 Å². The van der Waals surface area contributed by atoms with Crippen molar-refractivity contribution < 1.29 is 8.42 Å². The van der Waals surface area contributed by atoms with Crippen molar-refractivity contribution in [1.82, 2.24) is 4.90 Å². The first-order valence-corrected chi connectivity index (χ1v) is 10.2. The lowest BCUT2D eigenvalue weighted by atomic mass is 10.1. The molecule has 1 fully saturated rings. The Morgan fingerprint density at radius 3 is 2.44 bits per heavy atom. The van der Waals surface area contributed by atoms with E-state index in [1.165, 1.54) is 17.7 Å². The minimum Gasteiger partial charge on any atom is -0.359 e. The highest BCUT2D eigenvalue weighted by Crippen LogP contribution is 2.20. The first-order chi connectivity index (χ1) is 12.0. The van der Waals surface area contributed by atoms with Crippen molar-refractivity contribution in [3.63, 3.8) is 0 Å². The van der Waals surface area contributed by atoms with Crippen LogP contribution in [0.25, 0.3) is 0 Å². The number of piperidine rings is 1. The van der Waals surface area contributed by atoms with Crippen LogP contribution in [0.1, 0.15) is 24.8 Å². The molecule has 1 heterocycles. The number of nitrogens with zero attached hydrogens (tertiary/aromatic N) is 2. The van der Waals surface area contributed by atoms with Gasteiger partial charge in [0, 0.05) is 24.5 Å². The van der Waals surface area contributed by atoms with Crippen LogP contribution < -0.4 is 0 Å². The van der Waals surface area contributed by atoms with Gasteiger partial charge in [-0.1, -0.05) is 41.9 Å². The average molecular weight is 377 g/mol. The number of sulfonamides is 1. The van der Waals surface area contributed by atoms with Gasteiger partial charge >= 0.3 is 0 Å². The molecule has 6 heteroatoms. The molecule has 0 aromatic heterocycles. The van der Waals surface area contributed by atoms with Gasteiger partial charge in [0.25, 0.3) is 10.0 Å². The van der Waals surface area contributed by atoms with Gasteiger partial charge in [-0.2, -0.15) is 8.42 Å². The zero-order chi connectivity index (χ0) is 17.7. The van der Waals surface area contributed by atoms with Gasteiger partial charge in [0.2, 0.25) is 0 Å². The van der Waals surface area contributed by atoms with Gasteiger partial charge in [-0.05, 0) is 49.1 Å². The summed E-state index contributed by atoms with van der Waals surface area (Å²) in [6, 6.07) is 16.4. The summed E-state index contributed by atoms with van der Waals surface area (Å²) in [6.07, 6.45) is 3.61. The summed E-state index contributed by atoms with van der Waals surface area (Å²) in [7, 11) is -3.70. The van der Waals surface area contributed by atoms with E-state index in [1.807, 2.05) is 18.2 Å². The maximum atomic E-state index is 12.6. The second kappa shape index (κ2) is 8.02. The minimum absolute atomic E-state index is 0.179. The summed E-state index contributed by atoms with van der Waals surface area (Å²) in [6.45, 7) is 1.63. The quantitative estimate of drug-likeness (QED) is 0.787. The van der Waals surface area contributed by atoms with Crippen LogP contribution >= 0.6 is 11.6 Å². The molecule has 4 nitrogen and oxygen atoms in total. The highest BCUT2D eigenvalue weighted by Gasteiger charge is 2.21. The largest absolute Gasteiger partial charge is 0.359 e. The molecule has 0 unspecified atom stereocenters. The Hall–Kier alpha value is -1.85. The van der Waals surface area contributed by atoms with Gasteiger partial charge in [0.05, 0.1) is 4.90 Å². The topological polar surface area (TPSA) is 49.7 Å². The molecule has 132 valence electrons. The van der Waals surface area contributed by atoms with Crippen LogP contribution in [0.5, 0.6) is 0 Å². The number of rotatable bonds is 5. The normalized spacial score (nSPS) is 17.0. The van der Waals surface area contributed by atoms with E-state index in [1.54, 1.807) is 12.1 Å². The van der Waals surface area contributed by atoms with Crippen molar-refractivity contribution in [2.75, 3.05) is 13.1 Å². The Balaban J connectivity index is 1.77. The minimum atomic E-state index is -3.70. The molecule has 0 amide bonds. The van der Waals surface area contributed by atoms with Crippen LogP contribution in [0.3, 0.4) is 0 Å². The summed E-state index contributed by atoms with van der Waals surface area (Å²) in [4.78, 5) is 2.28. The van der Waals surface area contributed by atoms with E-state index in [0.29, 0.717) is 17.3 Å².